The Morgan fingerprint density at radius 3 is 2.43 bits per heavy atom. The van der Waals surface area contributed by atoms with Gasteiger partial charge in [0.25, 0.3) is 0 Å². The first-order chi connectivity index (χ1) is 13.7. The summed E-state index contributed by atoms with van der Waals surface area (Å²) in [5.74, 6) is 2.52. The number of piperidine rings is 4. The summed E-state index contributed by atoms with van der Waals surface area (Å²) < 4.78 is 0. The minimum absolute atomic E-state index is 0.314. The van der Waals surface area contributed by atoms with E-state index < -0.39 is 0 Å². The quantitative estimate of drug-likeness (QED) is 0.732. The Morgan fingerprint density at radius 2 is 1.64 bits per heavy atom. The number of fused-ring (bicyclic) bond motifs is 4. The second-order valence-electron chi connectivity index (χ2n) is 10.2. The number of hydrogen-bond acceptors (Lipinski definition) is 3. The zero-order valence-corrected chi connectivity index (χ0v) is 17.4. The number of hydrogen-bond donors (Lipinski definition) is 0. The van der Waals surface area contributed by atoms with Crippen LogP contribution in [0.15, 0.2) is 0 Å². The number of carbonyl (C=O) groups excluding carboxylic acids is 2. The lowest BCUT2D eigenvalue weighted by atomic mass is 9.75. The fraction of sp³-hybridized carbons (Fsp3) is 0.913. The number of amides is 2. The fourth-order valence-corrected chi connectivity index (χ4v) is 7.01. The molecule has 0 spiro atoms. The molecule has 3 atom stereocenters. The molecule has 4 aliphatic heterocycles. The number of nitrogens with zero attached hydrogens (tertiary/aromatic N) is 3. The van der Waals surface area contributed by atoms with Crippen LogP contribution in [0.5, 0.6) is 0 Å². The van der Waals surface area contributed by atoms with E-state index in [-0.39, 0.29) is 0 Å². The van der Waals surface area contributed by atoms with E-state index in [1.54, 1.807) is 0 Å². The van der Waals surface area contributed by atoms with E-state index in [1.807, 2.05) is 0 Å². The monoisotopic (exact) mass is 387 g/mol. The molecule has 2 amide bonds. The number of carbonyl (C=O) groups is 2. The molecule has 0 aromatic heterocycles. The first kappa shape index (κ1) is 18.9. The van der Waals surface area contributed by atoms with Crippen LogP contribution in [0.3, 0.4) is 0 Å². The molecule has 1 saturated carbocycles. The SMILES string of the molecule is O=C(C1CCCCC1)N1CCC(N2CC3CC(C2)[C@H]2CCCC(=O)N2C3)CC1. The highest BCUT2D eigenvalue weighted by Gasteiger charge is 2.45. The van der Waals surface area contributed by atoms with Gasteiger partial charge in [-0.25, -0.2) is 0 Å². The van der Waals surface area contributed by atoms with E-state index in [2.05, 4.69) is 14.7 Å². The minimum atomic E-state index is 0.314. The minimum Gasteiger partial charge on any atom is -0.342 e. The van der Waals surface area contributed by atoms with E-state index in [0.717, 1.165) is 64.7 Å². The van der Waals surface area contributed by atoms with Crippen molar-refractivity contribution in [1.82, 2.24) is 14.7 Å². The molecule has 5 aliphatic rings. The van der Waals surface area contributed by atoms with Crippen LogP contribution in [0.4, 0.5) is 0 Å². The number of rotatable bonds is 2. The van der Waals surface area contributed by atoms with Crippen molar-refractivity contribution in [1.29, 1.82) is 0 Å². The summed E-state index contributed by atoms with van der Waals surface area (Å²) in [6.45, 7) is 5.25. The maximum Gasteiger partial charge on any atom is 0.225 e. The lowest BCUT2D eigenvalue weighted by molar-refractivity contribution is -0.146. The van der Waals surface area contributed by atoms with E-state index in [4.69, 9.17) is 0 Å². The highest BCUT2D eigenvalue weighted by molar-refractivity contribution is 5.79. The van der Waals surface area contributed by atoms with Gasteiger partial charge in [-0.15, -0.1) is 0 Å². The average Bonchev–Trinajstić information content (AvgIpc) is 2.75. The Hall–Kier alpha value is -1.10. The molecule has 2 unspecified atom stereocenters. The molecule has 5 heteroatoms. The summed E-state index contributed by atoms with van der Waals surface area (Å²) in [6.07, 6.45) is 12.7. The van der Waals surface area contributed by atoms with E-state index in [1.165, 1.54) is 38.6 Å². The molecule has 0 N–H and O–H groups in total. The summed E-state index contributed by atoms with van der Waals surface area (Å²) in [5.41, 5.74) is 0. The van der Waals surface area contributed by atoms with Gasteiger partial charge in [0.15, 0.2) is 0 Å². The van der Waals surface area contributed by atoms with Crippen molar-refractivity contribution in [2.24, 2.45) is 17.8 Å². The molecule has 0 radical (unpaired) electrons. The first-order valence-electron chi connectivity index (χ1n) is 12.0. The smallest absolute Gasteiger partial charge is 0.225 e. The summed E-state index contributed by atoms with van der Waals surface area (Å²) >= 11 is 0. The second-order valence-corrected chi connectivity index (χ2v) is 10.2. The van der Waals surface area contributed by atoms with Gasteiger partial charge in [-0.1, -0.05) is 19.3 Å². The lowest BCUT2D eigenvalue weighted by Crippen LogP contribution is -2.62. The zero-order chi connectivity index (χ0) is 19.1. The largest absolute Gasteiger partial charge is 0.342 e. The molecule has 5 rings (SSSR count). The van der Waals surface area contributed by atoms with Crippen LogP contribution in [0, 0.1) is 17.8 Å². The van der Waals surface area contributed by atoms with Crippen molar-refractivity contribution in [3.63, 3.8) is 0 Å². The van der Waals surface area contributed by atoms with Gasteiger partial charge in [0.1, 0.15) is 0 Å². The van der Waals surface area contributed by atoms with Crippen molar-refractivity contribution in [3.8, 4) is 0 Å². The topological polar surface area (TPSA) is 43.9 Å². The molecule has 28 heavy (non-hydrogen) atoms. The van der Waals surface area contributed by atoms with Crippen LogP contribution in [0.2, 0.25) is 0 Å². The Labute approximate surface area is 169 Å². The molecular formula is C23H37N3O2. The highest BCUT2D eigenvalue weighted by atomic mass is 16.2. The van der Waals surface area contributed by atoms with Gasteiger partial charge in [-0.2, -0.15) is 0 Å². The van der Waals surface area contributed by atoms with Crippen LogP contribution in [-0.2, 0) is 9.59 Å². The predicted octanol–water partition coefficient (Wildman–Crippen LogP) is 2.89. The fourth-order valence-electron chi connectivity index (χ4n) is 7.01. The standard InChI is InChI=1S/C23H37N3O2/c27-22-8-4-7-21-19-13-17(15-26(21)22)14-25(16-19)20-9-11-24(12-10-20)23(28)18-5-2-1-3-6-18/h17-21H,1-16H2/t17?,19?,21-/m1/s1. The molecule has 2 bridgehead atoms. The van der Waals surface area contributed by atoms with Crippen molar-refractivity contribution in [2.45, 2.75) is 82.7 Å². The number of likely N-dealkylation sites (tertiary alicyclic amines) is 2. The Balaban J connectivity index is 1.16. The van der Waals surface area contributed by atoms with Gasteiger partial charge < -0.3 is 9.80 Å². The highest BCUT2D eigenvalue weighted by Crippen LogP contribution is 2.39. The van der Waals surface area contributed by atoms with Gasteiger partial charge in [0, 0.05) is 57.1 Å². The van der Waals surface area contributed by atoms with Gasteiger partial charge in [0.2, 0.25) is 11.8 Å². The van der Waals surface area contributed by atoms with Crippen LogP contribution in [-0.4, -0.2) is 71.3 Å². The molecule has 4 saturated heterocycles. The Morgan fingerprint density at radius 1 is 0.857 bits per heavy atom. The van der Waals surface area contributed by atoms with Gasteiger partial charge >= 0.3 is 0 Å². The van der Waals surface area contributed by atoms with Crippen LogP contribution in [0.25, 0.3) is 0 Å². The molecule has 5 nitrogen and oxygen atoms in total. The van der Waals surface area contributed by atoms with Gasteiger partial charge in [-0.3, -0.25) is 14.5 Å². The third-order valence-corrected chi connectivity index (χ3v) is 8.46. The predicted molar refractivity (Wildman–Crippen MR) is 109 cm³/mol. The summed E-state index contributed by atoms with van der Waals surface area (Å²) in [4.78, 5) is 32.4. The second kappa shape index (κ2) is 7.97. The van der Waals surface area contributed by atoms with E-state index in [9.17, 15) is 9.59 Å². The van der Waals surface area contributed by atoms with Crippen molar-refractivity contribution >= 4 is 11.8 Å². The summed E-state index contributed by atoms with van der Waals surface area (Å²) in [6, 6.07) is 1.15. The van der Waals surface area contributed by atoms with Gasteiger partial charge in [-0.05, 0) is 56.8 Å². The third-order valence-electron chi connectivity index (χ3n) is 8.46. The van der Waals surface area contributed by atoms with Crippen LogP contribution >= 0.6 is 0 Å². The van der Waals surface area contributed by atoms with Crippen LogP contribution < -0.4 is 0 Å². The lowest BCUT2D eigenvalue weighted by Gasteiger charge is -2.54. The zero-order valence-electron chi connectivity index (χ0n) is 17.4. The normalized spacial score (nSPS) is 35.7. The molecule has 0 aromatic carbocycles. The third kappa shape index (κ3) is 3.59. The summed E-state index contributed by atoms with van der Waals surface area (Å²) in [5, 5.41) is 0. The van der Waals surface area contributed by atoms with Crippen molar-refractivity contribution < 1.29 is 9.59 Å². The molecule has 1 aliphatic carbocycles. The van der Waals surface area contributed by atoms with Crippen molar-refractivity contribution in [2.75, 3.05) is 32.7 Å². The van der Waals surface area contributed by atoms with E-state index >= 15 is 0 Å². The average molecular weight is 388 g/mol. The Kier molecular flexibility index (Phi) is 5.38. The molecule has 4 heterocycles. The Bertz CT molecular complexity index is 595. The summed E-state index contributed by atoms with van der Waals surface area (Å²) in [7, 11) is 0. The molecular weight excluding hydrogens is 350 g/mol. The molecule has 0 aromatic rings. The maximum atomic E-state index is 12.9. The molecule has 156 valence electrons. The molecule has 5 fully saturated rings. The maximum absolute atomic E-state index is 12.9. The van der Waals surface area contributed by atoms with Crippen LogP contribution in [0.1, 0.15) is 70.6 Å². The van der Waals surface area contributed by atoms with E-state index in [0.29, 0.717) is 41.7 Å². The van der Waals surface area contributed by atoms with Crippen molar-refractivity contribution in [3.05, 3.63) is 0 Å². The first-order valence-corrected chi connectivity index (χ1v) is 12.0. The van der Waals surface area contributed by atoms with Gasteiger partial charge in [0.05, 0.1) is 0 Å².